The lowest BCUT2D eigenvalue weighted by molar-refractivity contribution is 0.122. The Kier molecular flexibility index (Phi) is 8.25. The number of hydrogen-bond acceptors (Lipinski definition) is 10. The molecule has 7 rings (SSSR count). The summed E-state index contributed by atoms with van der Waals surface area (Å²) in [7, 11) is -7.94. The van der Waals surface area contributed by atoms with Crippen LogP contribution >= 0.6 is 11.3 Å². The molecule has 4 heterocycles. The normalized spacial score (nSPS) is 16.1. The summed E-state index contributed by atoms with van der Waals surface area (Å²) >= 11 is 1.32. The van der Waals surface area contributed by atoms with Gasteiger partial charge < -0.3 is 9.64 Å². The van der Waals surface area contributed by atoms with Gasteiger partial charge in [-0.15, -0.1) is 11.3 Å². The van der Waals surface area contributed by atoms with Crippen LogP contribution in [0.1, 0.15) is 30.2 Å². The molecule has 0 amide bonds. The van der Waals surface area contributed by atoms with Crippen molar-refractivity contribution in [1.82, 2.24) is 13.9 Å². The van der Waals surface area contributed by atoms with Gasteiger partial charge in [-0.05, 0) is 69.2 Å². The van der Waals surface area contributed by atoms with Crippen LogP contribution in [-0.2, 0) is 35.7 Å². The third-order valence-electron chi connectivity index (χ3n) is 8.27. The monoisotopic (exact) mass is 694 g/mol. The molecule has 1 saturated heterocycles. The summed E-state index contributed by atoms with van der Waals surface area (Å²) in [4.78, 5) is 12.7. The number of halogens is 1. The van der Waals surface area contributed by atoms with E-state index in [0.29, 0.717) is 66.3 Å². The lowest BCUT2D eigenvalue weighted by Crippen LogP contribution is -2.36. The van der Waals surface area contributed by atoms with Crippen LogP contribution < -0.4 is 4.90 Å². The summed E-state index contributed by atoms with van der Waals surface area (Å²) < 4.78 is 81.1. The number of morpholine rings is 1. The SMILES string of the molecule is CC1=CC=C(S(=O)(=O)n2ccc3c(-c4nc(N5CCOCC5)c5sc(COS(=O)(=O)c6ccc(C)cc6)cc5n4)cc(F)cc32)CC1. The lowest BCUT2D eigenvalue weighted by atomic mass is 10.1. The minimum Gasteiger partial charge on any atom is -0.378 e. The van der Waals surface area contributed by atoms with Gasteiger partial charge in [-0.3, -0.25) is 4.18 Å². The fraction of sp³-hybridized carbons (Fsp3) is 0.273. The van der Waals surface area contributed by atoms with E-state index in [2.05, 4.69) is 4.90 Å². The van der Waals surface area contributed by atoms with Crippen molar-refractivity contribution in [3.8, 4) is 11.4 Å². The molecule has 14 heteroatoms. The summed E-state index contributed by atoms with van der Waals surface area (Å²) in [5, 5.41) is 0.480. The first-order chi connectivity index (χ1) is 22.5. The number of anilines is 1. The molecule has 0 spiro atoms. The molecule has 2 aliphatic rings. The van der Waals surface area contributed by atoms with Gasteiger partial charge >= 0.3 is 0 Å². The summed E-state index contributed by atoms with van der Waals surface area (Å²) in [6.45, 7) is 5.73. The Morgan fingerprint density at radius 2 is 1.72 bits per heavy atom. The number of allylic oxidation sites excluding steroid dienone is 4. The van der Waals surface area contributed by atoms with Gasteiger partial charge in [-0.1, -0.05) is 29.3 Å². The molecule has 47 heavy (non-hydrogen) atoms. The van der Waals surface area contributed by atoms with Gasteiger partial charge in [0.2, 0.25) is 0 Å². The fourth-order valence-corrected chi connectivity index (χ4v) is 9.17. The molecule has 1 aliphatic carbocycles. The van der Waals surface area contributed by atoms with Gasteiger partial charge in [0, 0.05) is 35.1 Å². The first-order valence-electron chi connectivity index (χ1n) is 15.0. The highest BCUT2D eigenvalue weighted by Gasteiger charge is 2.26. The van der Waals surface area contributed by atoms with Crippen LogP contribution in [-0.4, -0.2) is 57.1 Å². The van der Waals surface area contributed by atoms with Crippen molar-refractivity contribution in [3.05, 3.63) is 93.6 Å². The van der Waals surface area contributed by atoms with Crippen LogP contribution in [0.3, 0.4) is 0 Å². The summed E-state index contributed by atoms with van der Waals surface area (Å²) in [6.07, 6.45) is 5.84. The van der Waals surface area contributed by atoms with E-state index in [0.717, 1.165) is 19.8 Å². The summed E-state index contributed by atoms with van der Waals surface area (Å²) in [5.41, 5.74) is 3.08. The van der Waals surface area contributed by atoms with E-state index in [9.17, 15) is 16.8 Å². The number of rotatable bonds is 8. The maximum atomic E-state index is 15.3. The van der Waals surface area contributed by atoms with Gasteiger partial charge in [0.15, 0.2) is 11.6 Å². The van der Waals surface area contributed by atoms with Crippen LogP contribution in [0.15, 0.2) is 82.3 Å². The fourth-order valence-electron chi connectivity index (χ4n) is 5.70. The van der Waals surface area contributed by atoms with Gasteiger partial charge in [0.1, 0.15) is 12.4 Å². The van der Waals surface area contributed by atoms with Crippen LogP contribution in [0, 0.1) is 12.7 Å². The molecule has 0 saturated carbocycles. The Bertz CT molecular complexity index is 2300. The Labute approximate surface area is 276 Å². The second-order valence-electron chi connectivity index (χ2n) is 11.6. The number of aryl methyl sites for hydroxylation is 1. The van der Waals surface area contributed by atoms with Crippen molar-refractivity contribution < 1.29 is 30.1 Å². The first-order valence-corrected chi connectivity index (χ1v) is 18.7. The van der Waals surface area contributed by atoms with E-state index in [1.54, 1.807) is 36.4 Å². The Morgan fingerprint density at radius 3 is 2.45 bits per heavy atom. The molecule has 244 valence electrons. The first kappa shape index (κ1) is 31.6. The van der Waals surface area contributed by atoms with Crippen molar-refractivity contribution in [2.45, 2.75) is 38.2 Å². The quantitative estimate of drug-likeness (QED) is 0.172. The van der Waals surface area contributed by atoms with Crippen molar-refractivity contribution in [1.29, 1.82) is 0 Å². The van der Waals surface area contributed by atoms with Crippen molar-refractivity contribution in [3.63, 3.8) is 0 Å². The second-order valence-corrected chi connectivity index (χ2v) is 16.2. The molecule has 0 unspecified atom stereocenters. The number of nitrogens with zero attached hydrogens (tertiary/aromatic N) is 4. The Balaban J connectivity index is 1.31. The third-order valence-corrected chi connectivity index (χ3v) is 12.5. The van der Waals surface area contributed by atoms with Gasteiger partial charge in [0.25, 0.3) is 20.1 Å². The minimum absolute atomic E-state index is 0.0655. The Morgan fingerprint density at radius 1 is 0.957 bits per heavy atom. The molecule has 1 aliphatic heterocycles. The molecule has 0 radical (unpaired) electrons. The highest BCUT2D eigenvalue weighted by molar-refractivity contribution is 7.94. The number of hydrogen-bond donors (Lipinski definition) is 0. The smallest absolute Gasteiger partial charge is 0.297 e. The van der Waals surface area contributed by atoms with Crippen LogP contribution in [0.5, 0.6) is 0 Å². The van der Waals surface area contributed by atoms with Crippen LogP contribution in [0.25, 0.3) is 32.5 Å². The predicted octanol–water partition coefficient (Wildman–Crippen LogP) is 6.30. The minimum atomic E-state index is -4.00. The standard InChI is InChI=1S/C33H31FN4O6S3/c1-21-3-7-25(8-4-21)46(39,40)38-12-11-27-28(17-23(34)18-30(27)38)32-35-29-19-24(20-44-47(41,42)26-9-5-22(2)6-10-26)45-31(29)33(36-32)37-13-15-43-16-14-37/h3,5-7,9-12,17-19H,4,8,13-16,20H2,1-2H3. The van der Waals surface area contributed by atoms with E-state index in [4.69, 9.17) is 18.9 Å². The van der Waals surface area contributed by atoms with Crippen molar-refractivity contribution in [2.75, 3.05) is 31.2 Å². The van der Waals surface area contributed by atoms with Crippen LogP contribution in [0.4, 0.5) is 10.2 Å². The Hall–Kier alpha value is -3.95. The molecule has 10 nitrogen and oxygen atoms in total. The molecule has 0 N–H and O–H groups in total. The number of fused-ring (bicyclic) bond motifs is 2. The van der Waals surface area contributed by atoms with E-state index < -0.39 is 26.0 Å². The zero-order valence-corrected chi connectivity index (χ0v) is 28.1. The number of aromatic nitrogens is 3. The topological polar surface area (TPSA) is 121 Å². The summed E-state index contributed by atoms with van der Waals surface area (Å²) in [5.74, 6) is 0.185. The molecule has 0 bridgehead atoms. The maximum absolute atomic E-state index is 15.3. The largest absolute Gasteiger partial charge is 0.378 e. The molecule has 3 aromatic heterocycles. The van der Waals surface area contributed by atoms with E-state index >= 15 is 4.39 Å². The van der Waals surface area contributed by atoms with Gasteiger partial charge in [0.05, 0.1) is 38.7 Å². The van der Waals surface area contributed by atoms with Crippen LogP contribution in [0.2, 0.25) is 0 Å². The zero-order chi connectivity index (χ0) is 32.9. The molecule has 0 atom stereocenters. The van der Waals surface area contributed by atoms with Gasteiger partial charge in [-0.2, -0.15) is 8.42 Å². The second kappa shape index (κ2) is 12.3. The molecular weight excluding hydrogens is 664 g/mol. The number of thiophene rings is 1. The van der Waals surface area contributed by atoms with E-state index in [1.807, 2.05) is 13.8 Å². The van der Waals surface area contributed by atoms with E-state index in [1.165, 1.54) is 41.8 Å². The molecule has 1 fully saturated rings. The summed E-state index contributed by atoms with van der Waals surface area (Å²) in [6, 6.07) is 12.3. The lowest BCUT2D eigenvalue weighted by Gasteiger charge is -2.28. The van der Waals surface area contributed by atoms with Gasteiger partial charge in [-0.25, -0.2) is 26.7 Å². The maximum Gasteiger partial charge on any atom is 0.297 e. The molecule has 2 aromatic carbocycles. The van der Waals surface area contributed by atoms with Crippen molar-refractivity contribution >= 4 is 58.4 Å². The molecule has 5 aromatic rings. The number of benzene rings is 2. The predicted molar refractivity (Wildman–Crippen MR) is 180 cm³/mol. The average molecular weight is 695 g/mol. The molecular formula is C33H31FN4O6S3. The average Bonchev–Trinajstić information content (AvgIpc) is 3.68. The number of ether oxygens (including phenoxy) is 1. The van der Waals surface area contributed by atoms with E-state index in [-0.39, 0.29) is 27.7 Å². The highest BCUT2D eigenvalue weighted by Crippen LogP contribution is 2.38. The highest BCUT2D eigenvalue weighted by atomic mass is 32.2. The third kappa shape index (κ3) is 6.11. The van der Waals surface area contributed by atoms with Crippen molar-refractivity contribution in [2.24, 2.45) is 0 Å². The zero-order valence-electron chi connectivity index (χ0n) is 25.6.